The first-order chi connectivity index (χ1) is 17.6. The third-order valence-electron chi connectivity index (χ3n) is 5.84. The lowest BCUT2D eigenvalue weighted by atomic mass is 10.1. The van der Waals surface area contributed by atoms with Crippen LogP contribution >= 0.6 is 0 Å². The van der Waals surface area contributed by atoms with Crippen LogP contribution in [-0.4, -0.2) is 69.8 Å². The Morgan fingerprint density at radius 1 is 1.08 bits per heavy atom. The smallest absolute Gasteiger partial charge is 0.304 e. The number of hydrogen-bond donors (Lipinski definition) is 1. The number of unbranched alkanes of at least 4 members (excludes halogenated alkanes) is 1. The largest absolute Gasteiger partial charge is 0.497 e. The minimum atomic E-state index is -4.24. The maximum Gasteiger partial charge on any atom is 0.304 e. The van der Waals surface area contributed by atoms with Crippen LogP contribution < -0.4 is 14.4 Å². The molecule has 2 rings (SSSR count). The zero-order valence-electron chi connectivity index (χ0n) is 22.1. The van der Waals surface area contributed by atoms with E-state index in [1.165, 1.54) is 44.3 Å². The number of para-hydroxylation sites is 1. The van der Waals surface area contributed by atoms with E-state index in [1.807, 2.05) is 6.92 Å². The summed E-state index contributed by atoms with van der Waals surface area (Å²) < 4.78 is 47.9. The van der Waals surface area contributed by atoms with Crippen LogP contribution in [0, 0.1) is 5.82 Å². The van der Waals surface area contributed by atoms with Gasteiger partial charge < -0.3 is 15.0 Å². The lowest BCUT2D eigenvalue weighted by Crippen LogP contribution is -2.53. The highest BCUT2D eigenvalue weighted by Gasteiger charge is 2.34. The number of carbonyl (C=O) groups is 2. The molecule has 0 aromatic heterocycles. The molecule has 0 radical (unpaired) electrons. The molecule has 9 nitrogen and oxygen atoms in total. The lowest BCUT2D eigenvalue weighted by Gasteiger charge is -2.34. The number of nitrogens with zero attached hydrogens (tertiary/aromatic N) is 3. The molecule has 0 unspecified atom stereocenters. The molecule has 2 aromatic rings. The van der Waals surface area contributed by atoms with Crippen LogP contribution in [0.4, 0.5) is 10.1 Å². The Hall–Kier alpha value is -3.18. The Balaban J connectivity index is 2.50. The van der Waals surface area contributed by atoms with Gasteiger partial charge in [0.1, 0.15) is 24.2 Å². The molecule has 0 saturated carbocycles. The van der Waals surface area contributed by atoms with Crippen molar-refractivity contribution < 1.29 is 27.1 Å². The number of methoxy groups -OCH3 is 1. The van der Waals surface area contributed by atoms with Crippen LogP contribution in [0.1, 0.15) is 38.7 Å². The third-order valence-corrected chi connectivity index (χ3v) is 7.65. The first-order valence-corrected chi connectivity index (χ1v) is 13.6. The Labute approximate surface area is 219 Å². The molecular formula is C26H37FN4O5S. The summed E-state index contributed by atoms with van der Waals surface area (Å²) in [5.74, 6) is -1.19. The van der Waals surface area contributed by atoms with Crippen LogP contribution in [-0.2, 0) is 26.3 Å². The van der Waals surface area contributed by atoms with E-state index in [-0.39, 0.29) is 18.1 Å². The van der Waals surface area contributed by atoms with Gasteiger partial charge in [0, 0.05) is 27.2 Å². The van der Waals surface area contributed by atoms with E-state index in [4.69, 9.17) is 4.74 Å². The monoisotopic (exact) mass is 536 g/mol. The molecule has 0 aliphatic rings. The van der Waals surface area contributed by atoms with E-state index in [0.717, 1.165) is 27.5 Å². The number of amides is 2. The second-order valence-corrected chi connectivity index (χ2v) is 10.8. The molecular weight excluding hydrogens is 499 g/mol. The Kier molecular flexibility index (Phi) is 11.3. The van der Waals surface area contributed by atoms with Crippen molar-refractivity contribution in [2.24, 2.45) is 0 Å². The van der Waals surface area contributed by atoms with Gasteiger partial charge in [-0.25, -0.2) is 8.70 Å². The van der Waals surface area contributed by atoms with Crippen molar-refractivity contribution in [1.82, 2.24) is 14.5 Å². The van der Waals surface area contributed by atoms with Gasteiger partial charge in [-0.2, -0.15) is 12.7 Å². The van der Waals surface area contributed by atoms with Gasteiger partial charge >= 0.3 is 10.2 Å². The van der Waals surface area contributed by atoms with Crippen molar-refractivity contribution in [3.63, 3.8) is 0 Å². The molecule has 0 fully saturated rings. The quantitative estimate of drug-likeness (QED) is 0.374. The minimum absolute atomic E-state index is 0.0306. The van der Waals surface area contributed by atoms with Gasteiger partial charge in [-0.05, 0) is 42.7 Å². The number of carbonyl (C=O) groups excluding carboxylic acids is 2. The fourth-order valence-corrected chi connectivity index (χ4v) is 4.81. The molecule has 0 bridgehead atoms. The summed E-state index contributed by atoms with van der Waals surface area (Å²) >= 11 is 0. The zero-order chi connectivity index (χ0) is 27.6. The topological polar surface area (TPSA) is 99.3 Å². The lowest BCUT2D eigenvalue weighted by molar-refractivity contribution is -0.140. The van der Waals surface area contributed by atoms with Gasteiger partial charge in [0.15, 0.2) is 0 Å². The third kappa shape index (κ3) is 7.90. The number of benzene rings is 2. The fraction of sp³-hybridized carbons (Fsp3) is 0.462. The first kappa shape index (κ1) is 30.0. The molecule has 0 heterocycles. The number of nitrogens with one attached hydrogen (secondary N) is 1. The summed E-state index contributed by atoms with van der Waals surface area (Å²) in [7, 11) is -0.107. The van der Waals surface area contributed by atoms with E-state index in [0.29, 0.717) is 24.3 Å². The van der Waals surface area contributed by atoms with Crippen LogP contribution in [0.25, 0.3) is 0 Å². The van der Waals surface area contributed by atoms with Crippen molar-refractivity contribution in [1.29, 1.82) is 0 Å². The van der Waals surface area contributed by atoms with Gasteiger partial charge in [0.2, 0.25) is 11.8 Å². The maximum atomic E-state index is 14.7. The van der Waals surface area contributed by atoms with Crippen LogP contribution in [0.15, 0.2) is 48.5 Å². The minimum Gasteiger partial charge on any atom is -0.497 e. The molecule has 2 aromatic carbocycles. The Bertz CT molecular complexity index is 1160. The molecule has 1 atom stereocenters. The summed E-state index contributed by atoms with van der Waals surface area (Å²) in [6.45, 7) is 3.59. The summed E-state index contributed by atoms with van der Waals surface area (Å²) in [5.41, 5.74) is 0.437. The second-order valence-electron chi connectivity index (χ2n) is 8.69. The average molecular weight is 537 g/mol. The number of rotatable bonds is 14. The summed E-state index contributed by atoms with van der Waals surface area (Å²) in [5, 5.41) is 2.86. The molecule has 11 heteroatoms. The molecule has 0 aliphatic heterocycles. The van der Waals surface area contributed by atoms with Crippen LogP contribution in [0.2, 0.25) is 0 Å². The molecule has 37 heavy (non-hydrogen) atoms. The van der Waals surface area contributed by atoms with Gasteiger partial charge in [0.05, 0.1) is 12.8 Å². The van der Waals surface area contributed by atoms with Crippen LogP contribution in [0.5, 0.6) is 5.75 Å². The van der Waals surface area contributed by atoms with Crippen LogP contribution in [0.3, 0.4) is 0 Å². The second kappa shape index (κ2) is 13.9. The normalized spacial score (nSPS) is 12.2. The highest BCUT2D eigenvalue weighted by Crippen LogP contribution is 2.24. The molecule has 0 aliphatic carbocycles. The number of halogens is 1. The van der Waals surface area contributed by atoms with Gasteiger partial charge in [-0.1, -0.05) is 44.5 Å². The first-order valence-electron chi connectivity index (χ1n) is 12.2. The van der Waals surface area contributed by atoms with E-state index < -0.39 is 34.5 Å². The van der Waals surface area contributed by atoms with Crippen molar-refractivity contribution >= 4 is 27.7 Å². The van der Waals surface area contributed by atoms with Crippen molar-refractivity contribution in [2.45, 2.75) is 45.7 Å². The summed E-state index contributed by atoms with van der Waals surface area (Å²) in [6, 6.07) is 11.5. The van der Waals surface area contributed by atoms with Gasteiger partial charge in [-0.3, -0.25) is 9.59 Å². The number of anilines is 1. The van der Waals surface area contributed by atoms with E-state index in [1.54, 1.807) is 31.2 Å². The van der Waals surface area contributed by atoms with Gasteiger partial charge in [-0.15, -0.1) is 0 Å². The highest BCUT2D eigenvalue weighted by molar-refractivity contribution is 7.90. The SMILES string of the molecule is CCCCNC(=O)[C@@H](CC)N(Cc1cccc(OC)c1)C(=O)CN(c1ccccc1F)S(=O)(=O)N(C)C. The van der Waals surface area contributed by atoms with Crippen molar-refractivity contribution in [3.8, 4) is 5.75 Å². The predicted octanol–water partition coefficient (Wildman–Crippen LogP) is 3.17. The Morgan fingerprint density at radius 3 is 2.38 bits per heavy atom. The highest BCUT2D eigenvalue weighted by atomic mass is 32.2. The zero-order valence-corrected chi connectivity index (χ0v) is 22.9. The fourth-order valence-electron chi connectivity index (χ4n) is 3.75. The van der Waals surface area contributed by atoms with Crippen molar-refractivity contribution in [3.05, 3.63) is 59.9 Å². The van der Waals surface area contributed by atoms with Crippen molar-refractivity contribution in [2.75, 3.05) is 38.6 Å². The maximum absolute atomic E-state index is 14.7. The standard InChI is InChI=1S/C26H37FN4O5S/c1-6-8-16-28-26(33)23(7-2)30(18-20-12-11-13-21(17-20)36-5)25(32)19-31(37(34,35)29(3)4)24-15-10-9-14-22(24)27/h9-15,17,23H,6-8,16,18-19H2,1-5H3,(H,28,33)/t23-/m1/s1. The molecule has 0 saturated heterocycles. The number of hydrogen-bond acceptors (Lipinski definition) is 5. The molecule has 204 valence electrons. The molecule has 2 amide bonds. The Morgan fingerprint density at radius 2 is 1.78 bits per heavy atom. The summed E-state index contributed by atoms with van der Waals surface area (Å²) in [4.78, 5) is 28.2. The average Bonchev–Trinajstić information content (AvgIpc) is 2.87. The van der Waals surface area contributed by atoms with Gasteiger partial charge in [0.25, 0.3) is 0 Å². The number of ether oxygens (including phenoxy) is 1. The van der Waals surface area contributed by atoms with E-state index in [9.17, 15) is 22.4 Å². The predicted molar refractivity (Wildman–Crippen MR) is 142 cm³/mol. The van der Waals surface area contributed by atoms with E-state index >= 15 is 0 Å². The van der Waals surface area contributed by atoms with E-state index in [2.05, 4.69) is 5.32 Å². The summed E-state index contributed by atoms with van der Waals surface area (Å²) in [6.07, 6.45) is 1.98. The molecule has 1 N–H and O–H groups in total. The molecule has 0 spiro atoms.